The van der Waals surface area contributed by atoms with E-state index in [4.69, 9.17) is 5.73 Å². The molecule has 1 heterocycles. The number of carbonyl (C=O) groups is 1. The lowest BCUT2D eigenvalue weighted by atomic mass is 9.65. The smallest absolute Gasteiger partial charge is 0.254 e. The van der Waals surface area contributed by atoms with Crippen molar-refractivity contribution in [2.75, 3.05) is 13.1 Å². The molecule has 0 bridgehead atoms. The molecule has 1 unspecified atom stereocenters. The van der Waals surface area contributed by atoms with Crippen molar-refractivity contribution in [1.29, 1.82) is 0 Å². The standard InChI is InChI=1S/C17H24N2O/c1-2-19-16(20)14-9-5-4-8-13(14)15(12-18)17(19)10-6-3-7-11-17/h4-5,8-9,15H,2-3,6-7,10-12,18H2,1H3. The minimum Gasteiger partial charge on any atom is -0.333 e. The van der Waals surface area contributed by atoms with E-state index in [0.29, 0.717) is 6.54 Å². The van der Waals surface area contributed by atoms with Crippen LogP contribution in [0.1, 0.15) is 60.9 Å². The number of amides is 1. The molecule has 1 amide bonds. The van der Waals surface area contributed by atoms with Crippen molar-refractivity contribution in [2.45, 2.75) is 50.5 Å². The molecule has 3 heteroatoms. The van der Waals surface area contributed by atoms with Gasteiger partial charge in [-0.05, 0) is 31.4 Å². The van der Waals surface area contributed by atoms with Gasteiger partial charge in [-0.15, -0.1) is 0 Å². The van der Waals surface area contributed by atoms with E-state index in [-0.39, 0.29) is 17.4 Å². The van der Waals surface area contributed by atoms with Crippen LogP contribution in [0.4, 0.5) is 0 Å². The van der Waals surface area contributed by atoms with Crippen molar-refractivity contribution in [3.05, 3.63) is 35.4 Å². The van der Waals surface area contributed by atoms with Gasteiger partial charge in [0.05, 0.1) is 5.54 Å². The molecule has 108 valence electrons. The third-order valence-corrected chi connectivity index (χ3v) is 5.27. The molecular formula is C17H24N2O. The van der Waals surface area contributed by atoms with Gasteiger partial charge in [-0.3, -0.25) is 4.79 Å². The summed E-state index contributed by atoms with van der Waals surface area (Å²) in [6.45, 7) is 3.50. The molecule has 1 aromatic carbocycles. The van der Waals surface area contributed by atoms with Crippen LogP contribution < -0.4 is 5.73 Å². The van der Waals surface area contributed by atoms with Crippen LogP contribution in [-0.2, 0) is 0 Å². The third kappa shape index (κ3) is 1.80. The zero-order valence-corrected chi connectivity index (χ0v) is 12.3. The molecule has 1 aromatic rings. The molecule has 0 aromatic heterocycles. The Morgan fingerprint density at radius 2 is 1.95 bits per heavy atom. The van der Waals surface area contributed by atoms with E-state index in [1.807, 2.05) is 18.2 Å². The summed E-state index contributed by atoms with van der Waals surface area (Å²) in [4.78, 5) is 15.0. The fourth-order valence-electron chi connectivity index (χ4n) is 4.41. The largest absolute Gasteiger partial charge is 0.333 e. The van der Waals surface area contributed by atoms with Gasteiger partial charge in [-0.25, -0.2) is 0 Å². The first-order valence-corrected chi connectivity index (χ1v) is 7.85. The number of benzene rings is 1. The monoisotopic (exact) mass is 272 g/mol. The van der Waals surface area contributed by atoms with Crippen molar-refractivity contribution in [3.8, 4) is 0 Å². The van der Waals surface area contributed by atoms with Gasteiger partial charge in [0.2, 0.25) is 0 Å². The van der Waals surface area contributed by atoms with Gasteiger partial charge in [0.1, 0.15) is 0 Å². The number of hydrogen-bond acceptors (Lipinski definition) is 2. The number of hydrogen-bond donors (Lipinski definition) is 1. The van der Waals surface area contributed by atoms with Crippen LogP contribution in [0.3, 0.4) is 0 Å². The van der Waals surface area contributed by atoms with Crippen molar-refractivity contribution in [2.24, 2.45) is 5.73 Å². The van der Waals surface area contributed by atoms with Gasteiger partial charge in [-0.2, -0.15) is 0 Å². The highest BCUT2D eigenvalue weighted by Gasteiger charge is 2.50. The highest BCUT2D eigenvalue weighted by molar-refractivity contribution is 5.98. The second kappa shape index (κ2) is 5.21. The number of rotatable bonds is 2. The predicted octanol–water partition coefficient (Wildman–Crippen LogP) is 2.91. The van der Waals surface area contributed by atoms with Gasteiger partial charge in [-0.1, -0.05) is 37.5 Å². The molecule has 1 aliphatic carbocycles. The van der Waals surface area contributed by atoms with Crippen LogP contribution in [0, 0.1) is 0 Å². The van der Waals surface area contributed by atoms with Crippen molar-refractivity contribution < 1.29 is 4.79 Å². The van der Waals surface area contributed by atoms with Crippen LogP contribution in [0.25, 0.3) is 0 Å². The van der Waals surface area contributed by atoms with E-state index >= 15 is 0 Å². The van der Waals surface area contributed by atoms with E-state index in [9.17, 15) is 4.79 Å². The number of carbonyl (C=O) groups excluding carboxylic acids is 1. The number of nitrogens with two attached hydrogens (primary N) is 1. The minimum atomic E-state index is -0.0345. The van der Waals surface area contributed by atoms with Crippen LogP contribution in [-0.4, -0.2) is 29.4 Å². The van der Waals surface area contributed by atoms with Gasteiger partial charge in [0.15, 0.2) is 0 Å². The molecular weight excluding hydrogens is 248 g/mol. The van der Waals surface area contributed by atoms with Gasteiger partial charge in [0, 0.05) is 24.6 Å². The summed E-state index contributed by atoms with van der Waals surface area (Å²) in [5.74, 6) is 0.492. The Hall–Kier alpha value is -1.35. The number of nitrogens with zero attached hydrogens (tertiary/aromatic N) is 1. The van der Waals surface area contributed by atoms with E-state index in [1.54, 1.807) is 0 Å². The summed E-state index contributed by atoms with van der Waals surface area (Å²) in [6, 6.07) is 8.05. The summed E-state index contributed by atoms with van der Waals surface area (Å²) in [5, 5.41) is 0. The molecule has 20 heavy (non-hydrogen) atoms. The van der Waals surface area contributed by atoms with E-state index in [0.717, 1.165) is 24.9 Å². The quantitative estimate of drug-likeness (QED) is 0.899. The maximum Gasteiger partial charge on any atom is 0.254 e. The van der Waals surface area contributed by atoms with Crippen LogP contribution in [0.15, 0.2) is 24.3 Å². The summed E-state index contributed by atoms with van der Waals surface area (Å²) in [6.07, 6.45) is 5.91. The first-order chi connectivity index (χ1) is 9.74. The van der Waals surface area contributed by atoms with Crippen molar-refractivity contribution in [1.82, 2.24) is 4.90 Å². The maximum absolute atomic E-state index is 12.9. The fraction of sp³-hybridized carbons (Fsp3) is 0.588. The lowest BCUT2D eigenvalue weighted by Crippen LogP contribution is -2.60. The maximum atomic E-state index is 12.9. The Balaban J connectivity index is 2.15. The van der Waals surface area contributed by atoms with Gasteiger partial charge < -0.3 is 10.6 Å². The lowest BCUT2D eigenvalue weighted by Gasteiger charge is -2.54. The summed E-state index contributed by atoms with van der Waals surface area (Å²) in [7, 11) is 0. The SMILES string of the molecule is CCN1C(=O)c2ccccc2C(CN)C12CCCCC2. The zero-order valence-electron chi connectivity index (χ0n) is 12.3. The molecule has 1 saturated carbocycles. The van der Waals surface area contributed by atoms with Crippen molar-refractivity contribution in [3.63, 3.8) is 0 Å². The van der Waals surface area contributed by atoms with Gasteiger partial charge in [0.25, 0.3) is 5.91 Å². The molecule has 3 rings (SSSR count). The average Bonchev–Trinajstić information content (AvgIpc) is 2.49. The molecule has 0 saturated heterocycles. The molecule has 1 spiro atoms. The molecule has 1 aliphatic heterocycles. The second-order valence-corrected chi connectivity index (χ2v) is 6.09. The Kier molecular flexibility index (Phi) is 3.55. The van der Waals surface area contributed by atoms with Gasteiger partial charge >= 0.3 is 0 Å². The summed E-state index contributed by atoms with van der Waals surface area (Å²) in [5.41, 5.74) is 8.15. The zero-order chi connectivity index (χ0) is 14.2. The van der Waals surface area contributed by atoms with Crippen LogP contribution in [0.2, 0.25) is 0 Å². The molecule has 2 N–H and O–H groups in total. The van der Waals surface area contributed by atoms with Crippen molar-refractivity contribution >= 4 is 5.91 Å². The molecule has 2 aliphatic rings. The second-order valence-electron chi connectivity index (χ2n) is 6.09. The highest BCUT2D eigenvalue weighted by Crippen LogP contribution is 2.48. The van der Waals surface area contributed by atoms with E-state index < -0.39 is 0 Å². The first-order valence-electron chi connectivity index (χ1n) is 7.85. The Morgan fingerprint density at radius 1 is 1.25 bits per heavy atom. The Bertz CT molecular complexity index is 505. The Labute approximate surface area is 121 Å². The van der Waals surface area contributed by atoms with Crippen LogP contribution >= 0.6 is 0 Å². The summed E-state index contributed by atoms with van der Waals surface area (Å²) >= 11 is 0. The lowest BCUT2D eigenvalue weighted by molar-refractivity contribution is 0.0177. The van der Waals surface area contributed by atoms with E-state index in [1.165, 1.54) is 24.8 Å². The fourth-order valence-corrected chi connectivity index (χ4v) is 4.41. The number of likely N-dealkylation sites (N-methyl/N-ethyl adjacent to an activating group) is 1. The minimum absolute atomic E-state index is 0.0345. The molecule has 1 atom stereocenters. The summed E-state index contributed by atoms with van der Waals surface area (Å²) < 4.78 is 0. The normalized spacial score (nSPS) is 24.8. The third-order valence-electron chi connectivity index (χ3n) is 5.27. The van der Waals surface area contributed by atoms with Crippen LogP contribution in [0.5, 0.6) is 0 Å². The predicted molar refractivity (Wildman–Crippen MR) is 80.8 cm³/mol. The number of fused-ring (bicyclic) bond motifs is 1. The highest BCUT2D eigenvalue weighted by atomic mass is 16.2. The Morgan fingerprint density at radius 3 is 2.60 bits per heavy atom. The average molecular weight is 272 g/mol. The first kappa shape index (κ1) is 13.6. The van der Waals surface area contributed by atoms with E-state index in [2.05, 4.69) is 17.9 Å². The topological polar surface area (TPSA) is 46.3 Å². The molecule has 3 nitrogen and oxygen atoms in total. The molecule has 0 radical (unpaired) electrons. The molecule has 1 fully saturated rings.